The van der Waals surface area contributed by atoms with Crippen LogP contribution in [0, 0.1) is 0 Å². The average Bonchev–Trinajstić information content (AvgIpc) is 2.57. The van der Waals surface area contributed by atoms with E-state index in [1.807, 2.05) is 0 Å². The summed E-state index contributed by atoms with van der Waals surface area (Å²) in [6.45, 7) is 1.92. The molecule has 0 saturated carbocycles. The van der Waals surface area contributed by atoms with Crippen LogP contribution in [0.1, 0.15) is 17.3 Å². The van der Waals surface area contributed by atoms with Crippen LogP contribution in [0.15, 0.2) is 24.3 Å². The van der Waals surface area contributed by atoms with Crippen molar-refractivity contribution < 1.29 is 19.1 Å². The molecule has 1 aliphatic rings. The molecule has 0 aromatic heterocycles. The zero-order valence-electron chi connectivity index (χ0n) is 8.23. The van der Waals surface area contributed by atoms with E-state index in [9.17, 15) is 9.59 Å². The first kappa shape index (κ1) is 9.71. The number of fused-ring (bicyclic) bond motifs is 1. The number of ether oxygens (including phenoxy) is 2. The van der Waals surface area contributed by atoms with Crippen molar-refractivity contribution in [2.24, 2.45) is 0 Å². The minimum absolute atomic E-state index is 0.238. The van der Waals surface area contributed by atoms with Crippen molar-refractivity contribution in [2.45, 2.75) is 13.0 Å². The molecule has 4 nitrogen and oxygen atoms in total. The van der Waals surface area contributed by atoms with Gasteiger partial charge in [-0.25, -0.2) is 4.79 Å². The van der Waals surface area contributed by atoms with Crippen LogP contribution in [0.2, 0.25) is 0 Å². The highest BCUT2D eigenvalue weighted by Crippen LogP contribution is 2.28. The normalized spacial score (nSPS) is 18.2. The van der Waals surface area contributed by atoms with Crippen LogP contribution in [0.3, 0.4) is 0 Å². The van der Waals surface area contributed by atoms with E-state index in [0.29, 0.717) is 11.3 Å². The highest BCUT2D eigenvalue weighted by Gasteiger charge is 2.38. The summed E-state index contributed by atoms with van der Waals surface area (Å²) in [4.78, 5) is 23.0. The fourth-order valence-corrected chi connectivity index (χ4v) is 1.47. The first-order valence-electron chi connectivity index (χ1n) is 4.70. The summed E-state index contributed by atoms with van der Waals surface area (Å²) in [6, 6.07) is 6.77. The number of hydrogen-bond donors (Lipinski definition) is 0. The molecule has 0 fully saturated rings. The van der Waals surface area contributed by atoms with Gasteiger partial charge in [0.15, 0.2) is 0 Å². The second kappa shape index (κ2) is 3.73. The van der Waals surface area contributed by atoms with Gasteiger partial charge >= 0.3 is 5.97 Å². The van der Waals surface area contributed by atoms with Crippen molar-refractivity contribution in [1.29, 1.82) is 0 Å². The van der Waals surface area contributed by atoms with Gasteiger partial charge in [0, 0.05) is 0 Å². The van der Waals surface area contributed by atoms with Gasteiger partial charge in [-0.2, -0.15) is 0 Å². The van der Waals surface area contributed by atoms with Gasteiger partial charge in [-0.3, -0.25) is 4.79 Å². The molecule has 4 heteroatoms. The molecule has 1 heterocycles. The molecule has 1 aromatic rings. The van der Waals surface area contributed by atoms with E-state index < -0.39 is 12.1 Å². The molecule has 2 rings (SSSR count). The molecule has 0 amide bonds. The maximum atomic E-state index is 11.7. The second-order valence-corrected chi connectivity index (χ2v) is 3.11. The maximum Gasteiger partial charge on any atom is 0.355 e. The SMILES string of the molecule is CCOC(=O)[C@@H]1Oc2ccccc2C1=O. The van der Waals surface area contributed by atoms with Crippen LogP contribution in [0.25, 0.3) is 0 Å². The van der Waals surface area contributed by atoms with Crippen LogP contribution in [0.5, 0.6) is 5.75 Å². The lowest BCUT2D eigenvalue weighted by molar-refractivity contribution is -0.148. The molecule has 0 spiro atoms. The van der Waals surface area contributed by atoms with Crippen molar-refractivity contribution in [3.63, 3.8) is 0 Å². The average molecular weight is 206 g/mol. The smallest absolute Gasteiger partial charge is 0.355 e. The standard InChI is InChI=1S/C11H10O4/c1-2-14-11(13)10-9(12)7-5-3-4-6-8(7)15-10/h3-6,10H,2H2,1H3/t10-/m1/s1. The van der Waals surface area contributed by atoms with Crippen LogP contribution in [0.4, 0.5) is 0 Å². The Labute approximate surface area is 86.8 Å². The van der Waals surface area contributed by atoms with Gasteiger partial charge in [-0.15, -0.1) is 0 Å². The molecule has 1 aliphatic heterocycles. The molecule has 78 valence electrons. The van der Waals surface area contributed by atoms with Gasteiger partial charge in [0.2, 0.25) is 5.78 Å². The van der Waals surface area contributed by atoms with E-state index in [0.717, 1.165) is 0 Å². The summed E-state index contributed by atoms with van der Waals surface area (Å²) in [7, 11) is 0. The Balaban J connectivity index is 2.24. The van der Waals surface area contributed by atoms with Crippen LogP contribution < -0.4 is 4.74 Å². The highest BCUT2D eigenvalue weighted by atomic mass is 16.6. The van der Waals surface area contributed by atoms with Crippen LogP contribution in [-0.4, -0.2) is 24.5 Å². The molecule has 0 radical (unpaired) electrons. The van der Waals surface area contributed by atoms with E-state index in [1.165, 1.54) is 0 Å². The summed E-state index contributed by atoms with van der Waals surface area (Å²) < 4.78 is 9.95. The molecular formula is C11H10O4. The molecule has 15 heavy (non-hydrogen) atoms. The Morgan fingerprint density at radius 3 is 2.87 bits per heavy atom. The largest absolute Gasteiger partial charge is 0.470 e. The fraction of sp³-hybridized carbons (Fsp3) is 0.273. The van der Waals surface area contributed by atoms with Gasteiger partial charge in [0.1, 0.15) is 5.75 Å². The third kappa shape index (κ3) is 1.58. The van der Waals surface area contributed by atoms with Crippen molar-refractivity contribution in [2.75, 3.05) is 6.61 Å². The molecule has 0 unspecified atom stereocenters. The van der Waals surface area contributed by atoms with Gasteiger partial charge in [-0.05, 0) is 19.1 Å². The number of ketones is 1. The Kier molecular flexibility index (Phi) is 2.41. The lowest BCUT2D eigenvalue weighted by Gasteiger charge is -2.07. The van der Waals surface area contributed by atoms with Gasteiger partial charge < -0.3 is 9.47 Å². The summed E-state index contributed by atoms with van der Waals surface area (Å²) in [5.41, 5.74) is 0.440. The van der Waals surface area contributed by atoms with Gasteiger partial charge in [-0.1, -0.05) is 12.1 Å². The third-order valence-electron chi connectivity index (χ3n) is 2.14. The lowest BCUT2D eigenvalue weighted by atomic mass is 10.1. The maximum absolute atomic E-state index is 11.7. The number of rotatable bonds is 2. The third-order valence-corrected chi connectivity index (χ3v) is 2.14. The Morgan fingerprint density at radius 1 is 1.47 bits per heavy atom. The molecule has 1 atom stereocenters. The van der Waals surface area contributed by atoms with E-state index in [-0.39, 0.29) is 12.4 Å². The van der Waals surface area contributed by atoms with Crippen molar-refractivity contribution in [3.05, 3.63) is 29.8 Å². The van der Waals surface area contributed by atoms with Gasteiger partial charge in [0.25, 0.3) is 6.10 Å². The summed E-state index contributed by atoms with van der Waals surface area (Å²) in [5, 5.41) is 0. The van der Waals surface area contributed by atoms with Crippen LogP contribution in [-0.2, 0) is 9.53 Å². The van der Waals surface area contributed by atoms with Crippen LogP contribution >= 0.6 is 0 Å². The minimum Gasteiger partial charge on any atom is -0.470 e. The first-order valence-corrected chi connectivity index (χ1v) is 4.70. The number of carbonyl (C=O) groups excluding carboxylic acids is 2. The van der Waals surface area contributed by atoms with Gasteiger partial charge in [0.05, 0.1) is 12.2 Å². The monoisotopic (exact) mass is 206 g/mol. The molecule has 0 bridgehead atoms. The fourth-order valence-electron chi connectivity index (χ4n) is 1.47. The molecule has 1 aromatic carbocycles. The Morgan fingerprint density at radius 2 is 2.20 bits per heavy atom. The predicted molar refractivity (Wildman–Crippen MR) is 51.8 cm³/mol. The Hall–Kier alpha value is -1.84. The molecule has 0 N–H and O–H groups in total. The number of carbonyl (C=O) groups is 2. The van der Waals surface area contributed by atoms with E-state index in [2.05, 4.69) is 0 Å². The van der Waals surface area contributed by atoms with Crippen molar-refractivity contribution in [3.8, 4) is 5.75 Å². The first-order chi connectivity index (χ1) is 7.24. The zero-order valence-corrected chi connectivity index (χ0v) is 8.23. The number of para-hydroxylation sites is 1. The Bertz CT molecular complexity index is 411. The highest BCUT2D eigenvalue weighted by molar-refractivity contribution is 6.15. The minimum atomic E-state index is -1.12. The number of benzene rings is 1. The van der Waals surface area contributed by atoms with E-state index in [4.69, 9.17) is 9.47 Å². The molecule has 0 saturated heterocycles. The van der Waals surface area contributed by atoms with Crippen molar-refractivity contribution >= 4 is 11.8 Å². The molecular weight excluding hydrogens is 196 g/mol. The second-order valence-electron chi connectivity index (χ2n) is 3.11. The topological polar surface area (TPSA) is 52.6 Å². The van der Waals surface area contributed by atoms with Crippen molar-refractivity contribution in [1.82, 2.24) is 0 Å². The summed E-state index contributed by atoms with van der Waals surface area (Å²) in [6.07, 6.45) is -1.12. The lowest BCUT2D eigenvalue weighted by Crippen LogP contribution is -2.32. The quantitative estimate of drug-likeness (QED) is 0.538. The summed E-state index contributed by atoms with van der Waals surface area (Å²) >= 11 is 0. The number of hydrogen-bond acceptors (Lipinski definition) is 4. The predicted octanol–water partition coefficient (Wildman–Crippen LogP) is 1.19. The molecule has 0 aliphatic carbocycles. The van der Waals surface area contributed by atoms with E-state index >= 15 is 0 Å². The number of esters is 1. The number of Topliss-reactive ketones (excluding diaryl/α,β-unsaturated/α-hetero) is 1. The summed E-state index contributed by atoms with van der Waals surface area (Å²) in [5.74, 6) is -0.511. The van der Waals surface area contributed by atoms with E-state index in [1.54, 1.807) is 31.2 Å². The zero-order chi connectivity index (χ0) is 10.8.